The van der Waals surface area contributed by atoms with Crippen LogP contribution >= 0.6 is 0 Å². The van der Waals surface area contributed by atoms with Gasteiger partial charge in [0.25, 0.3) is 0 Å². The Balaban J connectivity index is 1.53. The Kier molecular flexibility index (Phi) is 6.30. The largest absolute Gasteiger partial charge is 0.309 e. The number of hydrogen-bond acceptors (Lipinski definition) is 3. The molecule has 4 heteroatoms. The van der Waals surface area contributed by atoms with Gasteiger partial charge in [0.15, 0.2) is 5.82 Å². The highest BCUT2D eigenvalue weighted by molar-refractivity contribution is 5.90. The summed E-state index contributed by atoms with van der Waals surface area (Å²) in [5.41, 5.74) is 4.03. The molecule has 2 aromatic carbocycles. The molecule has 0 radical (unpaired) electrons. The molecule has 29 heavy (non-hydrogen) atoms. The SMILES string of the molecule is O=C(CCc1ccccc1)Nc1ncc(-c2ccccc2)nc1C1CCCCC1. The van der Waals surface area contributed by atoms with E-state index in [4.69, 9.17) is 4.98 Å². The van der Waals surface area contributed by atoms with Crippen LogP contribution < -0.4 is 5.32 Å². The third kappa shape index (κ3) is 5.08. The zero-order chi connectivity index (χ0) is 19.9. The lowest BCUT2D eigenvalue weighted by atomic mass is 9.86. The number of carbonyl (C=O) groups is 1. The van der Waals surface area contributed by atoms with Crippen molar-refractivity contribution in [3.05, 3.63) is 78.1 Å². The molecule has 1 aromatic heterocycles. The Hall–Kier alpha value is -3.01. The van der Waals surface area contributed by atoms with Gasteiger partial charge in [0.1, 0.15) is 0 Å². The molecule has 1 saturated carbocycles. The first-order valence-electron chi connectivity index (χ1n) is 10.6. The van der Waals surface area contributed by atoms with Crippen LogP contribution in [0.4, 0.5) is 5.82 Å². The van der Waals surface area contributed by atoms with Gasteiger partial charge in [-0.05, 0) is 24.8 Å². The Labute approximate surface area is 172 Å². The summed E-state index contributed by atoms with van der Waals surface area (Å²) in [4.78, 5) is 22.2. The highest BCUT2D eigenvalue weighted by Crippen LogP contribution is 2.35. The standard InChI is InChI=1S/C25H27N3O/c29-23(17-16-19-10-4-1-5-11-19)28-25-24(21-14-8-3-9-15-21)27-22(18-26-25)20-12-6-2-7-13-20/h1-2,4-7,10-13,18,21H,3,8-9,14-17H2,(H,26,28,29). The van der Waals surface area contributed by atoms with E-state index >= 15 is 0 Å². The van der Waals surface area contributed by atoms with Crippen LogP contribution in [0.15, 0.2) is 66.9 Å². The maximum Gasteiger partial charge on any atom is 0.225 e. The van der Waals surface area contributed by atoms with Gasteiger partial charge in [0.2, 0.25) is 5.91 Å². The molecule has 1 N–H and O–H groups in total. The summed E-state index contributed by atoms with van der Waals surface area (Å²) >= 11 is 0. The van der Waals surface area contributed by atoms with Gasteiger partial charge in [-0.2, -0.15) is 0 Å². The molecule has 4 rings (SSSR count). The van der Waals surface area contributed by atoms with Crippen LogP contribution in [-0.4, -0.2) is 15.9 Å². The number of benzene rings is 2. The van der Waals surface area contributed by atoms with Crippen LogP contribution in [0, 0.1) is 0 Å². The average Bonchev–Trinajstić information content (AvgIpc) is 2.80. The number of carbonyl (C=O) groups excluding carboxylic acids is 1. The number of nitrogens with zero attached hydrogens (tertiary/aromatic N) is 2. The Morgan fingerprint density at radius 1 is 0.931 bits per heavy atom. The molecule has 0 bridgehead atoms. The van der Waals surface area contributed by atoms with E-state index in [1.807, 2.05) is 48.5 Å². The molecule has 1 heterocycles. The second-order valence-corrected chi connectivity index (χ2v) is 7.72. The number of aryl methyl sites for hydroxylation is 1. The zero-order valence-corrected chi connectivity index (χ0v) is 16.7. The molecule has 1 fully saturated rings. The predicted molar refractivity (Wildman–Crippen MR) is 117 cm³/mol. The molecule has 0 saturated heterocycles. The third-order valence-electron chi connectivity index (χ3n) is 5.60. The molecular formula is C25H27N3O. The van der Waals surface area contributed by atoms with Gasteiger partial charge in [-0.25, -0.2) is 9.97 Å². The summed E-state index contributed by atoms with van der Waals surface area (Å²) in [6, 6.07) is 20.2. The minimum atomic E-state index is -0.00678. The fourth-order valence-electron chi connectivity index (χ4n) is 4.01. The summed E-state index contributed by atoms with van der Waals surface area (Å²) in [5, 5.41) is 3.04. The molecule has 1 aliphatic carbocycles. The lowest BCUT2D eigenvalue weighted by Gasteiger charge is -2.23. The summed E-state index contributed by atoms with van der Waals surface area (Å²) in [6.07, 6.45) is 8.86. The van der Waals surface area contributed by atoms with Gasteiger partial charge < -0.3 is 5.32 Å². The fourth-order valence-corrected chi connectivity index (χ4v) is 4.01. The summed E-state index contributed by atoms with van der Waals surface area (Å²) < 4.78 is 0. The van der Waals surface area contributed by atoms with Crippen LogP contribution in [0.25, 0.3) is 11.3 Å². The number of amides is 1. The second kappa shape index (κ2) is 9.46. The van der Waals surface area contributed by atoms with Crippen molar-refractivity contribution in [1.29, 1.82) is 0 Å². The van der Waals surface area contributed by atoms with Crippen molar-refractivity contribution < 1.29 is 4.79 Å². The monoisotopic (exact) mass is 385 g/mol. The van der Waals surface area contributed by atoms with Crippen LogP contribution in [0.3, 0.4) is 0 Å². The highest BCUT2D eigenvalue weighted by Gasteiger charge is 2.22. The Morgan fingerprint density at radius 2 is 1.62 bits per heavy atom. The predicted octanol–water partition coefficient (Wildman–Crippen LogP) is 5.76. The van der Waals surface area contributed by atoms with E-state index in [2.05, 4.69) is 22.4 Å². The van der Waals surface area contributed by atoms with Crippen molar-refractivity contribution in [1.82, 2.24) is 9.97 Å². The third-order valence-corrected chi connectivity index (χ3v) is 5.60. The average molecular weight is 386 g/mol. The smallest absolute Gasteiger partial charge is 0.225 e. The Morgan fingerprint density at radius 3 is 2.34 bits per heavy atom. The molecule has 0 spiro atoms. The number of hydrogen-bond donors (Lipinski definition) is 1. The van der Waals surface area contributed by atoms with Gasteiger partial charge >= 0.3 is 0 Å². The van der Waals surface area contributed by atoms with Gasteiger partial charge in [-0.3, -0.25) is 4.79 Å². The molecule has 1 amide bonds. The lowest BCUT2D eigenvalue weighted by molar-refractivity contribution is -0.116. The molecule has 0 unspecified atom stereocenters. The summed E-state index contributed by atoms with van der Waals surface area (Å²) in [6.45, 7) is 0. The van der Waals surface area contributed by atoms with Crippen molar-refractivity contribution in [2.24, 2.45) is 0 Å². The first-order chi connectivity index (χ1) is 14.3. The quantitative estimate of drug-likeness (QED) is 0.587. The first-order valence-corrected chi connectivity index (χ1v) is 10.6. The van der Waals surface area contributed by atoms with Gasteiger partial charge in [-0.15, -0.1) is 0 Å². The zero-order valence-electron chi connectivity index (χ0n) is 16.7. The topological polar surface area (TPSA) is 54.9 Å². The maximum atomic E-state index is 12.6. The molecule has 4 nitrogen and oxygen atoms in total. The number of aromatic nitrogens is 2. The van der Waals surface area contributed by atoms with Crippen molar-refractivity contribution in [3.63, 3.8) is 0 Å². The van der Waals surface area contributed by atoms with E-state index in [0.717, 1.165) is 36.2 Å². The highest BCUT2D eigenvalue weighted by atomic mass is 16.1. The fraction of sp³-hybridized carbons (Fsp3) is 0.320. The van der Waals surface area contributed by atoms with Gasteiger partial charge in [0.05, 0.1) is 17.6 Å². The van der Waals surface area contributed by atoms with E-state index in [1.165, 1.54) is 24.8 Å². The van der Waals surface area contributed by atoms with E-state index in [9.17, 15) is 4.79 Å². The van der Waals surface area contributed by atoms with Crippen LogP contribution in [0.1, 0.15) is 55.7 Å². The van der Waals surface area contributed by atoms with Crippen LogP contribution in [0.5, 0.6) is 0 Å². The van der Waals surface area contributed by atoms with E-state index in [0.29, 0.717) is 18.2 Å². The summed E-state index contributed by atoms with van der Waals surface area (Å²) in [7, 11) is 0. The molecular weight excluding hydrogens is 358 g/mol. The molecule has 3 aromatic rings. The normalized spacial score (nSPS) is 14.5. The summed E-state index contributed by atoms with van der Waals surface area (Å²) in [5.74, 6) is 0.992. The van der Waals surface area contributed by atoms with Gasteiger partial charge in [0, 0.05) is 17.9 Å². The molecule has 1 aliphatic rings. The van der Waals surface area contributed by atoms with Crippen molar-refractivity contribution in [2.75, 3.05) is 5.32 Å². The minimum Gasteiger partial charge on any atom is -0.309 e. The Bertz CT molecular complexity index is 935. The van der Waals surface area contributed by atoms with Crippen LogP contribution in [-0.2, 0) is 11.2 Å². The number of anilines is 1. The first kappa shape index (κ1) is 19.3. The van der Waals surface area contributed by atoms with E-state index in [1.54, 1.807) is 6.20 Å². The van der Waals surface area contributed by atoms with Crippen LogP contribution in [0.2, 0.25) is 0 Å². The maximum absolute atomic E-state index is 12.6. The van der Waals surface area contributed by atoms with E-state index < -0.39 is 0 Å². The van der Waals surface area contributed by atoms with Crippen molar-refractivity contribution >= 4 is 11.7 Å². The number of rotatable bonds is 6. The molecule has 148 valence electrons. The number of nitrogens with one attached hydrogen (secondary N) is 1. The van der Waals surface area contributed by atoms with Crippen molar-refractivity contribution in [2.45, 2.75) is 50.9 Å². The van der Waals surface area contributed by atoms with Crippen molar-refractivity contribution in [3.8, 4) is 11.3 Å². The molecule has 0 atom stereocenters. The minimum absolute atomic E-state index is 0.00678. The van der Waals surface area contributed by atoms with Gasteiger partial charge in [-0.1, -0.05) is 79.9 Å². The van der Waals surface area contributed by atoms with E-state index in [-0.39, 0.29) is 5.91 Å². The molecule has 0 aliphatic heterocycles. The lowest BCUT2D eigenvalue weighted by Crippen LogP contribution is -2.18. The second-order valence-electron chi connectivity index (χ2n) is 7.72.